The minimum Gasteiger partial charge on any atom is -0.359 e. The summed E-state index contributed by atoms with van der Waals surface area (Å²) < 4.78 is 5.37. The lowest BCUT2D eigenvalue weighted by Crippen LogP contribution is -2.48. The predicted molar refractivity (Wildman–Crippen MR) is 106 cm³/mol. The number of hydrogen-bond donors (Lipinski definition) is 2. The van der Waals surface area contributed by atoms with Gasteiger partial charge in [-0.15, -0.1) is 0 Å². The van der Waals surface area contributed by atoms with Crippen LogP contribution in [0.5, 0.6) is 0 Å². The first-order chi connectivity index (χ1) is 13.1. The van der Waals surface area contributed by atoms with Crippen molar-refractivity contribution in [3.63, 3.8) is 0 Å². The Morgan fingerprint density at radius 3 is 2.78 bits per heavy atom. The molecule has 0 aliphatic carbocycles. The van der Waals surface area contributed by atoms with E-state index in [0.29, 0.717) is 18.5 Å². The Morgan fingerprint density at radius 2 is 2.15 bits per heavy atom. The zero-order valence-electron chi connectivity index (χ0n) is 16.5. The summed E-state index contributed by atoms with van der Waals surface area (Å²) in [7, 11) is 1.80. The molecule has 3 heterocycles. The molecule has 0 bridgehead atoms. The van der Waals surface area contributed by atoms with Gasteiger partial charge in [-0.1, -0.05) is 25.1 Å². The van der Waals surface area contributed by atoms with Gasteiger partial charge in [0.2, 0.25) is 0 Å². The fraction of sp³-hybridized carbons (Fsp3) is 0.550. The Balaban J connectivity index is 1.41. The van der Waals surface area contributed by atoms with Gasteiger partial charge in [0, 0.05) is 45.0 Å². The summed E-state index contributed by atoms with van der Waals surface area (Å²) >= 11 is 0. The van der Waals surface area contributed by atoms with E-state index in [-0.39, 0.29) is 0 Å². The fourth-order valence-corrected chi connectivity index (χ4v) is 3.20. The number of rotatable bonds is 6. The van der Waals surface area contributed by atoms with Crippen molar-refractivity contribution >= 4 is 5.96 Å². The Kier molecular flexibility index (Phi) is 6.81. The quantitative estimate of drug-likeness (QED) is 0.601. The van der Waals surface area contributed by atoms with Crippen LogP contribution in [0.3, 0.4) is 0 Å². The highest BCUT2D eigenvalue weighted by Gasteiger charge is 2.20. The molecule has 2 N–H and O–H groups in total. The highest BCUT2D eigenvalue weighted by molar-refractivity contribution is 5.79. The molecule has 3 rings (SSSR count). The van der Waals surface area contributed by atoms with Crippen molar-refractivity contribution in [3.05, 3.63) is 47.6 Å². The Bertz CT molecular complexity index is 719. The van der Waals surface area contributed by atoms with Crippen molar-refractivity contribution in [3.8, 4) is 0 Å². The van der Waals surface area contributed by atoms with Crippen molar-refractivity contribution < 1.29 is 4.52 Å². The van der Waals surface area contributed by atoms with Gasteiger partial charge in [-0.3, -0.25) is 14.9 Å². The second kappa shape index (κ2) is 9.50. The van der Waals surface area contributed by atoms with E-state index < -0.39 is 0 Å². The molecule has 1 fully saturated rings. The van der Waals surface area contributed by atoms with Crippen LogP contribution < -0.4 is 10.6 Å². The van der Waals surface area contributed by atoms with Crippen LogP contribution in [-0.2, 0) is 13.1 Å². The van der Waals surface area contributed by atoms with Gasteiger partial charge in [0.05, 0.1) is 17.9 Å². The highest BCUT2D eigenvalue weighted by Crippen LogP contribution is 2.14. The lowest BCUT2D eigenvalue weighted by molar-refractivity contribution is 0.196. The van der Waals surface area contributed by atoms with Crippen molar-refractivity contribution in [2.24, 2.45) is 4.99 Å². The van der Waals surface area contributed by atoms with E-state index in [1.54, 1.807) is 7.05 Å². The number of hydrogen-bond acceptors (Lipinski definition) is 5. The molecule has 0 saturated carbocycles. The molecule has 2 aromatic heterocycles. The summed E-state index contributed by atoms with van der Waals surface area (Å²) in [5.41, 5.74) is 2.12. The van der Waals surface area contributed by atoms with Crippen LogP contribution in [0.15, 0.2) is 40.0 Å². The predicted octanol–water partition coefficient (Wildman–Crippen LogP) is 2.52. The van der Waals surface area contributed by atoms with E-state index in [9.17, 15) is 0 Å². The highest BCUT2D eigenvalue weighted by atomic mass is 16.5. The average Bonchev–Trinajstić information content (AvgIpc) is 3.17. The smallest absolute Gasteiger partial charge is 0.191 e. The fourth-order valence-electron chi connectivity index (χ4n) is 3.20. The third-order valence-corrected chi connectivity index (χ3v) is 4.86. The minimum atomic E-state index is 0.371. The van der Waals surface area contributed by atoms with Gasteiger partial charge in [0.25, 0.3) is 0 Å². The summed E-state index contributed by atoms with van der Waals surface area (Å²) in [5, 5.41) is 10.9. The lowest BCUT2D eigenvalue weighted by Gasteiger charge is -2.32. The number of aliphatic imine (C=N–C) groups is 1. The number of pyridine rings is 1. The Morgan fingerprint density at radius 1 is 1.33 bits per heavy atom. The zero-order chi connectivity index (χ0) is 19.1. The summed E-state index contributed by atoms with van der Waals surface area (Å²) in [6.07, 6.45) is 4.04. The first-order valence-electron chi connectivity index (χ1n) is 9.69. The minimum absolute atomic E-state index is 0.371. The van der Waals surface area contributed by atoms with Crippen LogP contribution in [0.25, 0.3) is 0 Å². The third kappa shape index (κ3) is 5.79. The second-order valence-corrected chi connectivity index (χ2v) is 7.31. The molecule has 0 aromatic carbocycles. The van der Waals surface area contributed by atoms with Crippen LogP contribution in [0, 0.1) is 0 Å². The van der Waals surface area contributed by atoms with Crippen molar-refractivity contribution in [2.45, 2.75) is 51.7 Å². The number of likely N-dealkylation sites (tertiary alicyclic amines) is 1. The van der Waals surface area contributed by atoms with Crippen molar-refractivity contribution in [1.82, 2.24) is 25.7 Å². The largest absolute Gasteiger partial charge is 0.359 e. The van der Waals surface area contributed by atoms with Gasteiger partial charge in [-0.05, 0) is 30.9 Å². The molecule has 7 heteroatoms. The summed E-state index contributed by atoms with van der Waals surface area (Å²) in [6, 6.07) is 8.52. The van der Waals surface area contributed by atoms with Crippen LogP contribution in [0.1, 0.15) is 49.8 Å². The number of piperidine rings is 1. The van der Waals surface area contributed by atoms with Crippen molar-refractivity contribution in [2.75, 3.05) is 20.1 Å². The van der Waals surface area contributed by atoms with Crippen LogP contribution in [0.4, 0.5) is 0 Å². The molecule has 1 saturated heterocycles. The van der Waals surface area contributed by atoms with Gasteiger partial charge in [0.15, 0.2) is 11.7 Å². The number of nitrogens with zero attached hydrogens (tertiary/aromatic N) is 4. The molecular weight excluding hydrogens is 340 g/mol. The van der Waals surface area contributed by atoms with Gasteiger partial charge in [-0.25, -0.2) is 0 Å². The zero-order valence-corrected chi connectivity index (χ0v) is 16.5. The molecule has 0 atom stereocenters. The van der Waals surface area contributed by atoms with Crippen LogP contribution >= 0.6 is 0 Å². The molecule has 1 aliphatic rings. The standard InChI is InChI=1S/C20H30N6O/c1-15(2)19-12-18(27-25-19)13-23-20(21-3)24-16-7-10-26(11-8-16)14-17-6-4-5-9-22-17/h4-6,9,12,15-16H,7-8,10-11,13-14H2,1-3H3,(H2,21,23,24). The Labute approximate surface area is 161 Å². The van der Waals surface area contributed by atoms with Crippen LogP contribution in [0.2, 0.25) is 0 Å². The SMILES string of the molecule is CN=C(NCc1cc(C(C)C)no1)NC1CCN(Cc2ccccn2)CC1. The molecule has 1 aliphatic heterocycles. The average molecular weight is 371 g/mol. The van der Waals surface area contributed by atoms with E-state index in [0.717, 1.165) is 55.6 Å². The molecule has 0 radical (unpaired) electrons. The molecular formula is C20H30N6O. The summed E-state index contributed by atoms with van der Waals surface area (Å²) in [4.78, 5) is 11.2. The van der Waals surface area contributed by atoms with Gasteiger partial charge in [0.1, 0.15) is 0 Å². The normalized spacial score (nSPS) is 16.7. The van der Waals surface area contributed by atoms with E-state index in [1.165, 1.54) is 0 Å². The maximum absolute atomic E-state index is 5.37. The third-order valence-electron chi connectivity index (χ3n) is 4.86. The van der Waals surface area contributed by atoms with E-state index in [1.807, 2.05) is 24.4 Å². The van der Waals surface area contributed by atoms with Gasteiger partial charge >= 0.3 is 0 Å². The molecule has 2 aromatic rings. The summed E-state index contributed by atoms with van der Waals surface area (Å²) in [6.45, 7) is 7.84. The topological polar surface area (TPSA) is 78.6 Å². The first kappa shape index (κ1) is 19.4. The Hall–Kier alpha value is -2.41. The first-order valence-corrected chi connectivity index (χ1v) is 9.69. The number of aromatic nitrogens is 2. The number of nitrogens with one attached hydrogen (secondary N) is 2. The maximum Gasteiger partial charge on any atom is 0.191 e. The number of guanidine groups is 1. The van der Waals surface area contributed by atoms with Crippen molar-refractivity contribution in [1.29, 1.82) is 0 Å². The molecule has 0 unspecified atom stereocenters. The van der Waals surface area contributed by atoms with Crippen LogP contribution in [-0.4, -0.2) is 47.2 Å². The lowest BCUT2D eigenvalue weighted by atomic mass is 10.0. The van der Waals surface area contributed by atoms with Gasteiger partial charge < -0.3 is 15.2 Å². The molecule has 0 amide bonds. The molecule has 146 valence electrons. The molecule has 27 heavy (non-hydrogen) atoms. The monoisotopic (exact) mass is 370 g/mol. The van der Waals surface area contributed by atoms with Gasteiger partial charge in [-0.2, -0.15) is 0 Å². The maximum atomic E-state index is 5.37. The molecule has 0 spiro atoms. The second-order valence-electron chi connectivity index (χ2n) is 7.31. The van der Waals surface area contributed by atoms with E-state index in [4.69, 9.17) is 4.52 Å². The van der Waals surface area contributed by atoms with E-state index >= 15 is 0 Å². The summed E-state index contributed by atoms with van der Waals surface area (Å²) in [5.74, 6) is 2.00. The van der Waals surface area contributed by atoms with E-state index in [2.05, 4.69) is 50.6 Å². The molecule has 7 nitrogen and oxygen atoms in total.